The van der Waals surface area contributed by atoms with E-state index in [1.165, 1.54) is 7.11 Å². The number of nitrogens with one attached hydrogen (secondary N) is 2. The van der Waals surface area contributed by atoms with Crippen LogP contribution in [0.5, 0.6) is 5.75 Å². The van der Waals surface area contributed by atoms with E-state index in [0.717, 1.165) is 25.1 Å². The smallest absolute Gasteiger partial charge is 0.243 e. The number of methoxy groups -OCH3 is 1. The number of amides is 1. The molecule has 3 aromatic rings. The second kappa shape index (κ2) is 8.23. The molecule has 1 saturated heterocycles. The number of aromatic nitrogens is 4. The molecule has 1 amide bonds. The SMILES string of the molecule is COc1cc(Cl)cc2c(NNC(=O)[C@H]3CCCN(c4cnn(C)c4)C3)nc(N)nc12. The number of aryl methyl sites for hydroxylation is 1. The van der Waals surface area contributed by atoms with Crippen molar-refractivity contribution in [3.8, 4) is 5.75 Å². The van der Waals surface area contributed by atoms with E-state index in [-0.39, 0.29) is 17.8 Å². The van der Waals surface area contributed by atoms with Crippen LogP contribution in [0.25, 0.3) is 10.9 Å². The number of benzene rings is 1. The van der Waals surface area contributed by atoms with Crippen molar-refractivity contribution < 1.29 is 9.53 Å². The Hall–Kier alpha value is -3.27. The van der Waals surface area contributed by atoms with E-state index in [2.05, 4.69) is 30.8 Å². The molecule has 0 unspecified atom stereocenters. The molecule has 2 aromatic heterocycles. The minimum atomic E-state index is -0.171. The number of fused-ring (bicyclic) bond motifs is 1. The third kappa shape index (κ3) is 4.04. The van der Waals surface area contributed by atoms with Crippen molar-refractivity contribution in [3.63, 3.8) is 0 Å². The summed E-state index contributed by atoms with van der Waals surface area (Å²) in [6.45, 7) is 1.51. The number of hydrogen-bond donors (Lipinski definition) is 3. The van der Waals surface area contributed by atoms with Crippen LogP contribution in [0.15, 0.2) is 24.5 Å². The van der Waals surface area contributed by atoms with Gasteiger partial charge in [0.2, 0.25) is 11.9 Å². The number of carbonyl (C=O) groups excluding carboxylic acids is 1. The molecule has 158 valence electrons. The monoisotopic (exact) mass is 430 g/mol. The van der Waals surface area contributed by atoms with Gasteiger partial charge in [0.05, 0.1) is 24.9 Å². The van der Waals surface area contributed by atoms with Crippen molar-refractivity contribution in [1.82, 2.24) is 25.2 Å². The van der Waals surface area contributed by atoms with Crippen molar-refractivity contribution >= 4 is 45.9 Å². The van der Waals surface area contributed by atoms with Crippen LogP contribution in [-0.2, 0) is 11.8 Å². The van der Waals surface area contributed by atoms with Gasteiger partial charge in [0.15, 0.2) is 5.82 Å². The summed E-state index contributed by atoms with van der Waals surface area (Å²) < 4.78 is 7.09. The number of hydrazine groups is 1. The molecule has 11 heteroatoms. The number of anilines is 3. The second-order valence-electron chi connectivity index (χ2n) is 7.21. The quantitative estimate of drug-likeness (QED) is 0.525. The zero-order valence-electron chi connectivity index (χ0n) is 16.7. The van der Waals surface area contributed by atoms with Crippen LogP contribution in [0.1, 0.15) is 12.8 Å². The highest BCUT2D eigenvalue weighted by atomic mass is 35.5. The lowest BCUT2D eigenvalue weighted by atomic mass is 9.97. The zero-order valence-corrected chi connectivity index (χ0v) is 17.5. The van der Waals surface area contributed by atoms with Crippen molar-refractivity contribution in [2.75, 3.05) is 36.3 Å². The van der Waals surface area contributed by atoms with Crippen molar-refractivity contribution in [3.05, 3.63) is 29.5 Å². The first-order valence-corrected chi connectivity index (χ1v) is 9.92. The average Bonchev–Trinajstić information content (AvgIpc) is 3.18. The summed E-state index contributed by atoms with van der Waals surface area (Å²) in [5, 5.41) is 5.26. The van der Waals surface area contributed by atoms with Crippen LogP contribution in [0, 0.1) is 5.92 Å². The average molecular weight is 431 g/mol. The molecule has 1 aliphatic rings. The minimum Gasteiger partial charge on any atom is -0.494 e. The lowest BCUT2D eigenvalue weighted by Crippen LogP contribution is -2.44. The predicted octanol–water partition coefficient (Wildman–Crippen LogP) is 1.97. The number of nitrogens with two attached hydrogens (primary N) is 1. The Bertz CT molecular complexity index is 1090. The number of halogens is 1. The van der Waals surface area contributed by atoms with Crippen LogP contribution in [0.2, 0.25) is 5.02 Å². The highest BCUT2D eigenvalue weighted by Crippen LogP contribution is 2.32. The summed E-state index contributed by atoms with van der Waals surface area (Å²) in [6.07, 6.45) is 5.48. The van der Waals surface area contributed by atoms with Gasteiger partial charge in [-0.1, -0.05) is 11.6 Å². The standard InChI is InChI=1S/C19H23ClN8O2/c1-27-10-13(8-22-27)28-5-3-4-11(9-28)18(29)26-25-17-14-6-12(20)7-15(30-2)16(14)23-19(21)24-17/h6-8,10-11H,3-5,9H2,1-2H3,(H,26,29)(H3,21,23,24,25)/t11-/m0/s1. The van der Waals surface area contributed by atoms with Gasteiger partial charge in [0.25, 0.3) is 0 Å². The minimum absolute atomic E-state index is 0.0558. The third-order valence-corrected chi connectivity index (χ3v) is 5.34. The van der Waals surface area contributed by atoms with Gasteiger partial charge in [-0.2, -0.15) is 10.1 Å². The highest BCUT2D eigenvalue weighted by Gasteiger charge is 2.27. The Morgan fingerprint density at radius 3 is 2.93 bits per heavy atom. The molecule has 1 aromatic carbocycles. The van der Waals surface area contributed by atoms with E-state index < -0.39 is 0 Å². The van der Waals surface area contributed by atoms with Crippen molar-refractivity contribution in [1.29, 1.82) is 0 Å². The number of nitrogen functional groups attached to an aromatic ring is 1. The highest BCUT2D eigenvalue weighted by molar-refractivity contribution is 6.31. The van der Waals surface area contributed by atoms with Gasteiger partial charge in [-0.25, -0.2) is 4.98 Å². The number of hydrogen-bond acceptors (Lipinski definition) is 8. The molecule has 0 aliphatic carbocycles. The van der Waals surface area contributed by atoms with Crippen LogP contribution >= 0.6 is 11.6 Å². The summed E-state index contributed by atoms with van der Waals surface area (Å²) in [5.41, 5.74) is 13.0. The Balaban J connectivity index is 1.50. The molecule has 0 saturated carbocycles. The van der Waals surface area contributed by atoms with Gasteiger partial charge in [-0.05, 0) is 18.9 Å². The predicted molar refractivity (Wildman–Crippen MR) is 115 cm³/mol. The third-order valence-electron chi connectivity index (χ3n) is 5.12. The second-order valence-corrected chi connectivity index (χ2v) is 7.64. The number of ether oxygens (including phenoxy) is 1. The van der Waals surface area contributed by atoms with E-state index in [0.29, 0.717) is 34.0 Å². The van der Waals surface area contributed by atoms with Crippen molar-refractivity contribution in [2.24, 2.45) is 13.0 Å². The van der Waals surface area contributed by atoms with Crippen LogP contribution < -0.4 is 26.2 Å². The van der Waals surface area contributed by atoms with E-state index in [4.69, 9.17) is 22.1 Å². The number of rotatable bonds is 5. The van der Waals surface area contributed by atoms with E-state index in [1.54, 1.807) is 16.8 Å². The molecule has 4 N–H and O–H groups in total. The summed E-state index contributed by atoms with van der Waals surface area (Å²) in [4.78, 5) is 23.4. The first-order chi connectivity index (χ1) is 14.4. The Morgan fingerprint density at radius 1 is 1.37 bits per heavy atom. The summed E-state index contributed by atoms with van der Waals surface area (Å²) in [6, 6.07) is 3.34. The fraction of sp³-hybridized carbons (Fsp3) is 0.368. The molecule has 0 bridgehead atoms. The fourth-order valence-corrected chi connectivity index (χ4v) is 3.86. The largest absolute Gasteiger partial charge is 0.494 e. The molecule has 30 heavy (non-hydrogen) atoms. The lowest BCUT2D eigenvalue weighted by Gasteiger charge is -2.32. The molecule has 1 atom stereocenters. The van der Waals surface area contributed by atoms with Gasteiger partial charge < -0.3 is 15.4 Å². The zero-order chi connectivity index (χ0) is 21.3. The van der Waals surface area contributed by atoms with Gasteiger partial charge >= 0.3 is 0 Å². The molecule has 1 fully saturated rings. The molecular formula is C19H23ClN8O2. The van der Waals surface area contributed by atoms with Crippen LogP contribution in [0.4, 0.5) is 17.5 Å². The maximum atomic E-state index is 12.8. The Labute approximate surface area is 178 Å². The van der Waals surface area contributed by atoms with Gasteiger partial charge in [-0.3, -0.25) is 20.3 Å². The summed E-state index contributed by atoms with van der Waals surface area (Å²) in [5.74, 6) is 0.588. The molecule has 0 radical (unpaired) electrons. The maximum absolute atomic E-state index is 12.8. The van der Waals surface area contributed by atoms with E-state index in [9.17, 15) is 4.79 Å². The number of piperidine rings is 1. The molecule has 0 spiro atoms. The number of carbonyl (C=O) groups is 1. The Kier molecular flexibility index (Phi) is 5.49. The molecule has 3 heterocycles. The maximum Gasteiger partial charge on any atom is 0.243 e. The first kappa shape index (κ1) is 20.0. The summed E-state index contributed by atoms with van der Waals surface area (Å²) >= 11 is 6.18. The Morgan fingerprint density at radius 2 is 2.20 bits per heavy atom. The summed E-state index contributed by atoms with van der Waals surface area (Å²) in [7, 11) is 3.40. The van der Waals surface area contributed by atoms with E-state index >= 15 is 0 Å². The number of nitrogens with zero attached hydrogens (tertiary/aromatic N) is 5. The first-order valence-electron chi connectivity index (χ1n) is 9.55. The van der Waals surface area contributed by atoms with Gasteiger partial charge in [0, 0.05) is 42.8 Å². The lowest BCUT2D eigenvalue weighted by molar-refractivity contribution is -0.124. The van der Waals surface area contributed by atoms with Crippen molar-refractivity contribution in [2.45, 2.75) is 12.8 Å². The van der Waals surface area contributed by atoms with Crippen LogP contribution in [0.3, 0.4) is 0 Å². The van der Waals surface area contributed by atoms with E-state index in [1.807, 2.05) is 19.4 Å². The fourth-order valence-electron chi connectivity index (χ4n) is 3.66. The topological polar surface area (TPSA) is 123 Å². The molecule has 10 nitrogen and oxygen atoms in total. The molecule has 1 aliphatic heterocycles. The van der Waals surface area contributed by atoms with Crippen LogP contribution in [-0.4, -0.2) is 45.9 Å². The van der Waals surface area contributed by atoms with Gasteiger partial charge in [0.1, 0.15) is 11.3 Å². The van der Waals surface area contributed by atoms with Gasteiger partial charge in [-0.15, -0.1) is 0 Å². The molecular weight excluding hydrogens is 408 g/mol. The molecule has 4 rings (SSSR count). The normalized spacial score (nSPS) is 16.5.